The summed E-state index contributed by atoms with van der Waals surface area (Å²) in [5.41, 5.74) is 1.25. The number of carbonyl (C=O) groups excluding carboxylic acids is 1. The van der Waals surface area contributed by atoms with Crippen LogP contribution in [0.4, 0.5) is 0 Å². The number of pyridine rings is 2. The topological polar surface area (TPSA) is 56.5 Å². The van der Waals surface area contributed by atoms with Gasteiger partial charge >= 0.3 is 5.97 Å². The van der Waals surface area contributed by atoms with Gasteiger partial charge in [0.05, 0.1) is 15.7 Å². The van der Waals surface area contributed by atoms with E-state index in [1.165, 1.54) is 12.1 Å². The molecule has 8 heteroatoms. The number of carbonyl (C=O) groups is 1. The van der Waals surface area contributed by atoms with Crippen molar-refractivity contribution in [3.8, 4) is 0 Å². The van der Waals surface area contributed by atoms with Crippen molar-refractivity contribution in [3.63, 3.8) is 0 Å². The van der Waals surface area contributed by atoms with Crippen LogP contribution in [0.1, 0.15) is 16.2 Å². The molecule has 0 aliphatic carbocycles. The minimum Gasteiger partial charge on any atom is -0.454 e. The van der Waals surface area contributed by atoms with Crippen LogP contribution in [0.3, 0.4) is 0 Å². The number of imidazole rings is 1. The first kappa shape index (κ1) is 15.1. The van der Waals surface area contributed by atoms with Gasteiger partial charge < -0.3 is 9.14 Å². The maximum absolute atomic E-state index is 12.0. The molecule has 3 rings (SSSR count). The molecule has 0 aromatic carbocycles. The summed E-state index contributed by atoms with van der Waals surface area (Å²) in [6.45, 7) is -0.0113. The smallest absolute Gasteiger partial charge is 0.358 e. The Kier molecular flexibility index (Phi) is 4.20. The van der Waals surface area contributed by atoms with Crippen molar-refractivity contribution in [2.24, 2.45) is 0 Å². The van der Waals surface area contributed by atoms with Gasteiger partial charge in [0.15, 0.2) is 5.69 Å². The fourth-order valence-electron chi connectivity index (χ4n) is 1.86. The lowest BCUT2D eigenvalue weighted by Crippen LogP contribution is -2.08. The molecule has 0 N–H and O–H groups in total. The number of halogens is 3. The predicted molar refractivity (Wildman–Crippen MR) is 83.6 cm³/mol. The van der Waals surface area contributed by atoms with E-state index in [1.54, 1.807) is 28.9 Å². The first-order chi connectivity index (χ1) is 10.5. The molecule has 0 fully saturated rings. The highest BCUT2D eigenvalue weighted by Crippen LogP contribution is 2.18. The molecule has 0 saturated heterocycles. The monoisotopic (exact) mass is 355 g/mol. The van der Waals surface area contributed by atoms with Gasteiger partial charge in [0.1, 0.15) is 17.4 Å². The normalized spacial score (nSPS) is 10.9. The predicted octanol–water partition coefficient (Wildman–Crippen LogP) is 4.05. The van der Waals surface area contributed by atoms with E-state index in [9.17, 15) is 4.79 Å². The molecular formula is C14H8Cl3N3O2. The standard InChI is InChI=1S/C14H8Cl3N3O2/c15-8-1-4-12-18-9(6-20(12)5-8)7-22-14(21)13-10(16)2-3-11(17)19-13/h1-6H,7H2. The van der Waals surface area contributed by atoms with Gasteiger partial charge in [-0.05, 0) is 24.3 Å². The van der Waals surface area contributed by atoms with Gasteiger partial charge in [0.2, 0.25) is 0 Å². The van der Waals surface area contributed by atoms with Crippen molar-refractivity contribution in [2.75, 3.05) is 0 Å². The molecule has 0 bridgehead atoms. The van der Waals surface area contributed by atoms with Crippen LogP contribution >= 0.6 is 34.8 Å². The molecule has 3 aromatic rings. The maximum atomic E-state index is 12.0. The molecule has 0 aliphatic rings. The third-order valence-electron chi connectivity index (χ3n) is 2.82. The van der Waals surface area contributed by atoms with E-state index in [4.69, 9.17) is 39.5 Å². The third-order valence-corrected chi connectivity index (χ3v) is 3.56. The van der Waals surface area contributed by atoms with E-state index in [0.717, 1.165) is 0 Å². The van der Waals surface area contributed by atoms with Crippen LogP contribution in [-0.2, 0) is 11.3 Å². The summed E-state index contributed by atoms with van der Waals surface area (Å²) in [5.74, 6) is -0.664. The Bertz CT molecular complexity index is 864. The summed E-state index contributed by atoms with van der Waals surface area (Å²) in [6, 6.07) is 6.48. The van der Waals surface area contributed by atoms with Gasteiger partial charge in [0, 0.05) is 12.4 Å². The van der Waals surface area contributed by atoms with Crippen LogP contribution in [0, 0.1) is 0 Å². The van der Waals surface area contributed by atoms with Crippen molar-refractivity contribution in [1.82, 2.24) is 14.4 Å². The fraction of sp³-hybridized carbons (Fsp3) is 0.0714. The lowest BCUT2D eigenvalue weighted by Gasteiger charge is -2.04. The van der Waals surface area contributed by atoms with Crippen molar-refractivity contribution in [3.05, 3.63) is 63.2 Å². The van der Waals surface area contributed by atoms with Crippen LogP contribution in [0.5, 0.6) is 0 Å². The first-order valence-electron chi connectivity index (χ1n) is 6.15. The quantitative estimate of drug-likeness (QED) is 0.525. The summed E-state index contributed by atoms with van der Waals surface area (Å²) in [6.07, 6.45) is 3.44. The van der Waals surface area contributed by atoms with E-state index in [-0.39, 0.29) is 22.5 Å². The molecule has 22 heavy (non-hydrogen) atoms. The summed E-state index contributed by atoms with van der Waals surface area (Å²) in [7, 11) is 0. The fourth-order valence-corrected chi connectivity index (χ4v) is 2.35. The average molecular weight is 357 g/mol. The zero-order valence-corrected chi connectivity index (χ0v) is 13.2. The molecule has 0 unspecified atom stereocenters. The van der Waals surface area contributed by atoms with Crippen LogP contribution < -0.4 is 0 Å². The number of esters is 1. The van der Waals surface area contributed by atoms with Gasteiger partial charge in [-0.2, -0.15) is 0 Å². The number of fused-ring (bicyclic) bond motifs is 1. The number of hydrogen-bond acceptors (Lipinski definition) is 4. The van der Waals surface area contributed by atoms with E-state index < -0.39 is 5.97 Å². The van der Waals surface area contributed by atoms with Crippen molar-refractivity contribution < 1.29 is 9.53 Å². The minimum absolute atomic E-state index is 0.0113. The number of nitrogens with zero attached hydrogens (tertiary/aromatic N) is 3. The van der Waals surface area contributed by atoms with E-state index in [2.05, 4.69) is 9.97 Å². The molecule has 0 saturated carbocycles. The van der Waals surface area contributed by atoms with Gasteiger partial charge in [-0.3, -0.25) is 0 Å². The second-order valence-electron chi connectivity index (χ2n) is 4.39. The number of ether oxygens (including phenoxy) is 1. The number of hydrogen-bond donors (Lipinski definition) is 0. The highest BCUT2D eigenvalue weighted by atomic mass is 35.5. The molecule has 3 aromatic heterocycles. The van der Waals surface area contributed by atoms with Crippen LogP contribution in [0.2, 0.25) is 15.2 Å². The zero-order valence-electron chi connectivity index (χ0n) is 11.0. The Morgan fingerprint density at radius 2 is 1.91 bits per heavy atom. The van der Waals surface area contributed by atoms with Crippen LogP contribution in [0.25, 0.3) is 5.65 Å². The molecule has 3 heterocycles. The van der Waals surface area contributed by atoms with E-state index in [0.29, 0.717) is 16.4 Å². The average Bonchev–Trinajstić information content (AvgIpc) is 2.89. The third kappa shape index (κ3) is 3.16. The molecule has 0 radical (unpaired) electrons. The molecule has 0 aliphatic heterocycles. The molecular weight excluding hydrogens is 349 g/mol. The Hall–Kier alpha value is -1.82. The van der Waals surface area contributed by atoms with E-state index >= 15 is 0 Å². The first-order valence-corrected chi connectivity index (χ1v) is 7.28. The van der Waals surface area contributed by atoms with Gasteiger partial charge in [0.25, 0.3) is 0 Å². The number of rotatable bonds is 3. The van der Waals surface area contributed by atoms with Crippen molar-refractivity contribution in [2.45, 2.75) is 6.61 Å². The largest absolute Gasteiger partial charge is 0.454 e. The number of aromatic nitrogens is 3. The highest BCUT2D eigenvalue weighted by molar-refractivity contribution is 6.34. The van der Waals surface area contributed by atoms with Crippen molar-refractivity contribution >= 4 is 46.4 Å². The zero-order chi connectivity index (χ0) is 15.7. The second-order valence-corrected chi connectivity index (χ2v) is 5.62. The SMILES string of the molecule is O=C(OCc1cn2cc(Cl)ccc2n1)c1nc(Cl)ccc1Cl. The second kappa shape index (κ2) is 6.12. The molecule has 0 amide bonds. The van der Waals surface area contributed by atoms with E-state index in [1.807, 2.05) is 0 Å². The van der Waals surface area contributed by atoms with Gasteiger partial charge in [-0.15, -0.1) is 0 Å². The molecule has 0 atom stereocenters. The van der Waals surface area contributed by atoms with Gasteiger partial charge in [-0.1, -0.05) is 34.8 Å². The summed E-state index contributed by atoms with van der Waals surface area (Å²) >= 11 is 17.5. The van der Waals surface area contributed by atoms with Crippen molar-refractivity contribution in [1.29, 1.82) is 0 Å². The van der Waals surface area contributed by atoms with Crippen LogP contribution in [-0.4, -0.2) is 20.3 Å². The van der Waals surface area contributed by atoms with Gasteiger partial charge in [-0.25, -0.2) is 14.8 Å². The molecule has 5 nitrogen and oxygen atoms in total. The molecule has 112 valence electrons. The maximum Gasteiger partial charge on any atom is 0.358 e. The summed E-state index contributed by atoms with van der Waals surface area (Å²) < 4.78 is 6.90. The summed E-state index contributed by atoms with van der Waals surface area (Å²) in [4.78, 5) is 20.1. The Morgan fingerprint density at radius 3 is 2.73 bits per heavy atom. The Labute approximate surface area is 140 Å². The summed E-state index contributed by atoms with van der Waals surface area (Å²) in [5, 5.41) is 0.929. The Balaban J connectivity index is 1.75. The minimum atomic E-state index is -0.664. The molecule has 0 spiro atoms. The lowest BCUT2D eigenvalue weighted by molar-refractivity contribution is 0.0461. The highest BCUT2D eigenvalue weighted by Gasteiger charge is 2.15. The lowest BCUT2D eigenvalue weighted by atomic mass is 10.3. The Morgan fingerprint density at radius 1 is 1.09 bits per heavy atom. The van der Waals surface area contributed by atoms with Crippen LogP contribution in [0.15, 0.2) is 36.7 Å².